The Morgan fingerprint density at radius 1 is 1.03 bits per heavy atom. The highest BCUT2D eigenvalue weighted by molar-refractivity contribution is 5.92. The van der Waals surface area contributed by atoms with Gasteiger partial charge in [0.2, 0.25) is 11.8 Å². The Balaban J connectivity index is 3.34. The Hall–Kier alpha value is -3.05. The van der Waals surface area contributed by atoms with Gasteiger partial charge in [-0.1, -0.05) is 64.0 Å². The van der Waals surface area contributed by atoms with Crippen LogP contribution in [0.15, 0.2) is 24.3 Å². The first kappa shape index (κ1) is 32.0. The smallest absolute Gasteiger partial charge is 0.408 e. The molecule has 1 rings (SSSR count). The fourth-order valence-corrected chi connectivity index (χ4v) is 3.83. The lowest BCUT2D eigenvalue weighted by molar-refractivity contribution is -0.143. The topological polar surface area (TPSA) is 108 Å². The number of unbranched alkanes of at least 4 members (excludes halogenated alkanes) is 5. The van der Waals surface area contributed by atoms with Crippen molar-refractivity contribution < 1.29 is 24.2 Å². The third kappa shape index (κ3) is 11.7. The second-order valence-electron chi connectivity index (χ2n) is 10.1. The van der Waals surface area contributed by atoms with Crippen molar-refractivity contribution in [2.45, 2.75) is 97.2 Å². The van der Waals surface area contributed by atoms with Crippen molar-refractivity contribution >= 4 is 17.9 Å². The lowest BCUT2D eigenvalue weighted by Crippen LogP contribution is -2.54. The van der Waals surface area contributed by atoms with Crippen LogP contribution in [0.3, 0.4) is 0 Å². The molecule has 0 aromatic heterocycles. The first-order valence-electron chi connectivity index (χ1n) is 13.3. The van der Waals surface area contributed by atoms with Crippen LogP contribution < -0.4 is 10.6 Å². The molecule has 8 heteroatoms. The van der Waals surface area contributed by atoms with E-state index in [1.807, 2.05) is 0 Å². The number of hydrogen-bond donors (Lipinski definition) is 3. The lowest BCUT2D eigenvalue weighted by atomic mass is 10.0. The minimum absolute atomic E-state index is 0.287. The quantitative estimate of drug-likeness (QED) is 0.238. The van der Waals surface area contributed by atoms with E-state index in [1.165, 1.54) is 4.90 Å². The van der Waals surface area contributed by atoms with Gasteiger partial charge in [0.15, 0.2) is 0 Å². The van der Waals surface area contributed by atoms with E-state index in [0.29, 0.717) is 24.1 Å². The van der Waals surface area contributed by atoms with Gasteiger partial charge in [-0.25, -0.2) is 4.79 Å². The van der Waals surface area contributed by atoms with Crippen LogP contribution in [-0.2, 0) is 14.3 Å². The molecule has 0 saturated carbocycles. The molecule has 37 heavy (non-hydrogen) atoms. The van der Waals surface area contributed by atoms with Crippen molar-refractivity contribution in [3.05, 3.63) is 35.4 Å². The van der Waals surface area contributed by atoms with E-state index in [2.05, 4.69) is 30.4 Å². The predicted molar refractivity (Wildman–Crippen MR) is 146 cm³/mol. The van der Waals surface area contributed by atoms with E-state index in [9.17, 15) is 19.5 Å². The van der Waals surface area contributed by atoms with Crippen LogP contribution in [0.2, 0.25) is 0 Å². The summed E-state index contributed by atoms with van der Waals surface area (Å²) in [7, 11) is 0. The van der Waals surface area contributed by atoms with Gasteiger partial charge in [0, 0.05) is 18.7 Å². The molecule has 0 aliphatic carbocycles. The number of aliphatic hydroxyl groups excluding tert-OH is 1. The summed E-state index contributed by atoms with van der Waals surface area (Å²) in [5.74, 6) is 1.69. The molecule has 0 bridgehead atoms. The fourth-order valence-electron chi connectivity index (χ4n) is 3.83. The number of rotatable bonds is 15. The first-order chi connectivity index (χ1) is 17.6. The number of terminal acetylenes is 1. The van der Waals surface area contributed by atoms with Gasteiger partial charge in [-0.2, -0.15) is 0 Å². The van der Waals surface area contributed by atoms with Crippen molar-refractivity contribution in [3.8, 4) is 12.3 Å². The standard InChI is InChI=1S/C29H45N3O5/c1-7-10-12-14-20-32(27(35)24(21-33)31-28(36)37-29(4,5)6)25(26(34)30-19-13-11-8-2)23-17-15-22(9-3)16-18-23/h3,15-18,24-25,33H,7-8,10-14,19-21H2,1-2,4-6H3,(H,30,34)(H,31,36). The number of nitrogens with zero attached hydrogens (tertiary/aromatic N) is 1. The van der Waals surface area contributed by atoms with Crippen molar-refractivity contribution in [1.82, 2.24) is 15.5 Å². The normalized spacial score (nSPS) is 12.7. The van der Waals surface area contributed by atoms with Crippen molar-refractivity contribution in [1.29, 1.82) is 0 Å². The van der Waals surface area contributed by atoms with Crippen molar-refractivity contribution in [2.24, 2.45) is 0 Å². The summed E-state index contributed by atoms with van der Waals surface area (Å²) < 4.78 is 5.28. The summed E-state index contributed by atoms with van der Waals surface area (Å²) in [4.78, 5) is 41.1. The molecular formula is C29H45N3O5. The molecule has 2 atom stereocenters. The Morgan fingerprint density at radius 3 is 2.19 bits per heavy atom. The van der Waals surface area contributed by atoms with Crippen LogP contribution in [0, 0.1) is 12.3 Å². The number of alkyl carbamates (subject to hydrolysis) is 1. The van der Waals surface area contributed by atoms with E-state index in [-0.39, 0.29) is 12.5 Å². The summed E-state index contributed by atoms with van der Waals surface area (Å²) in [6.07, 6.45) is 11.1. The zero-order valence-electron chi connectivity index (χ0n) is 23.1. The highest BCUT2D eigenvalue weighted by Crippen LogP contribution is 2.24. The van der Waals surface area contributed by atoms with Gasteiger partial charge in [-0.05, 0) is 51.3 Å². The second-order valence-corrected chi connectivity index (χ2v) is 10.1. The molecule has 2 unspecified atom stereocenters. The summed E-state index contributed by atoms with van der Waals surface area (Å²) in [5, 5.41) is 15.5. The van der Waals surface area contributed by atoms with Crippen LogP contribution in [0.1, 0.15) is 96.7 Å². The van der Waals surface area contributed by atoms with Gasteiger partial charge in [0.25, 0.3) is 0 Å². The lowest BCUT2D eigenvalue weighted by Gasteiger charge is -2.34. The summed E-state index contributed by atoms with van der Waals surface area (Å²) in [6, 6.07) is 4.74. The Labute approximate surface area is 222 Å². The molecule has 206 valence electrons. The molecule has 0 aliphatic rings. The molecule has 1 aromatic rings. The monoisotopic (exact) mass is 515 g/mol. The van der Waals surface area contributed by atoms with Crippen LogP contribution in [0.4, 0.5) is 4.79 Å². The van der Waals surface area contributed by atoms with Crippen LogP contribution in [0.25, 0.3) is 0 Å². The maximum atomic E-state index is 13.7. The molecule has 0 aliphatic heterocycles. The largest absolute Gasteiger partial charge is 0.444 e. The zero-order chi connectivity index (χ0) is 27.8. The van der Waals surface area contributed by atoms with Gasteiger partial charge in [-0.15, -0.1) is 6.42 Å². The van der Waals surface area contributed by atoms with Crippen LogP contribution in [0.5, 0.6) is 0 Å². The fraction of sp³-hybridized carbons (Fsp3) is 0.621. The molecule has 0 saturated heterocycles. The third-order valence-corrected chi connectivity index (χ3v) is 5.74. The van der Waals surface area contributed by atoms with Crippen molar-refractivity contribution in [3.63, 3.8) is 0 Å². The molecule has 3 amide bonds. The second kappa shape index (κ2) is 16.6. The number of amides is 3. The Morgan fingerprint density at radius 2 is 1.65 bits per heavy atom. The molecule has 0 heterocycles. The molecule has 0 fully saturated rings. The molecule has 8 nitrogen and oxygen atoms in total. The van der Waals surface area contributed by atoms with Crippen LogP contribution >= 0.6 is 0 Å². The van der Waals surface area contributed by atoms with E-state index in [4.69, 9.17) is 11.2 Å². The van der Waals surface area contributed by atoms with E-state index < -0.39 is 36.3 Å². The third-order valence-electron chi connectivity index (χ3n) is 5.74. The van der Waals surface area contributed by atoms with Gasteiger partial charge >= 0.3 is 6.09 Å². The Kier molecular flexibility index (Phi) is 14.4. The van der Waals surface area contributed by atoms with Gasteiger partial charge in [0.1, 0.15) is 17.7 Å². The average molecular weight is 516 g/mol. The summed E-state index contributed by atoms with van der Waals surface area (Å²) in [6.45, 7) is 9.45. The summed E-state index contributed by atoms with van der Waals surface area (Å²) in [5.41, 5.74) is 0.489. The van der Waals surface area contributed by atoms with E-state index in [1.54, 1.807) is 45.0 Å². The molecule has 0 spiro atoms. The summed E-state index contributed by atoms with van der Waals surface area (Å²) >= 11 is 0. The minimum atomic E-state index is -1.26. The molecular weight excluding hydrogens is 470 g/mol. The predicted octanol–water partition coefficient (Wildman–Crippen LogP) is 4.31. The van der Waals surface area contributed by atoms with Gasteiger partial charge < -0.3 is 25.4 Å². The number of ether oxygens (including phenoxy) is 1. The highest BCUT2D eigenvalue weighted by atomic mass is 16.6. The number of aliphatic hydroxyl groups is 1. The van der Waals surface area contributed by atoms with Gasteiger partial charge in [0.05, 0.1) is 6.61 Å². The number of carbonyl (C=O) groups excluding carboxylic acids is 3. The van der Waals surface area contributed by atoms with E-state index >= 15 is 0 Å². The van der Waals surface area contributed by atoms with E-state index in [0.717, 1.165) is 38.5 Å². The molecule has 3 N–H and O–H groups in total. The molecule has 0 radical (unpaired) electrons. The number of nitrogens with one attached hydrogen (secondary N) is 2. The number of benzene rings is 1. The molecule has 1 aromatic carbocycles. The first-order valence-corrected chi connectivity index (χ1v) is 13.3. The van der Waals surface area contributed by atoms with Crippen molar-refractivity contribution in [2.75, 3.05) is 19.7 Å². The van der Waals surface area contributed by atoms with Crippen LogP contribution in [-0.4, -0.2) is 59.3 Å². The highest BCUT2D eigenvalue weighted by Gasteiger charge is 2.35. The Bertz CT molecular complexity index is 886. The number of carbonyl (C=O) groups is 3. The zero-order valence-corrected chi connectivity index (χ0v) is 23.1. The number of hydrogen-bond acceptors (Lipinski definition) is 5. The SMILES string of the molecule is C#Cc1ccc(C(C(=O)NCCCCC)N(CCCCCC)C(=O)C(CO)NC(=O)OC(C)(C)C)cc1. The maximum absolute atomic E-state index is 13.7. The average Bonchev–Trinajstić information content (AvgIpc) is 2.85. The maximum Gasteiger partial charge on any atom is 0.408 e. The van der Waals surface area contributed by atoms with Gasteiger partial charge in [-0.3, -0.25) is 9.59 Å². The minimum Gasteiger partial charge on any atom is -0.444 e.